The quantitative estimate of drug-likeness (QED) is 0.438. The largest absolute Gasteiger partial charge is 0.408 e. The molecule has 9 nitrogen and oxygen atoms in total. The lowest BCUT2D eigenvalue weighted by Gasteiger charge is -2.40. The van der Waals surface area contributed by atoms with Gasteiger partial charge in [-0.05, 0) is 18.2 Å². The van der Waals surface area contributed by atoms with Crippen LogP contribution in [0.15, 0.2) is 47.7 Å². The number of carbonyl (C=O) groups excluding carboxylic acids is 3. The van der Waals surface area contributed by atoms with E-state index in [1.807, 2.05) is 0 Å². The summed E-state index contributed by atoms with van der Waals surface area (Å²) in [6.07, 6.45) is -3.29. The minimum atomic E-state index is -4.70. The summed E-state index contributed by atoms with van der Waals surface area (Å²) in [4.78, 5) is 45.8. The van der Waals surface area contributed by atoms with E-state index in [0.717, 1.165) is 6.07 Å². The van der Waals surface area contributed by atoms with Gasteiger partial charge in [0.25, 0.3) is 5.91 Å². The van der Waals surface area contributed by atoms with Crippen molar-refractivity contribution in [1.29, 1.82) is 0 Å². The van der Waals surface area contributed by atoms with Crippen LogP contribution in [-0.2, 0) is 32.1 Å². The Morgan fingerprint density at radius 2 is 1.88 bits per heavy atom. The number of carbonyl (C=O) groups is 3. The molecule has 4 rings (SSSR count). The van der Waals surface area contributed by atoms with Crippen molar-refractivity contribution in [3.8, 4) is 0 Å². The Hall–Kier alpha value is -3.94. The maximum Gasteiger partial charge on any atom is 0.408 e. The van der Waals surface area contributed by atoms with E-state index in [2.05, 4.69) is 15.4 Å². The number of fused-ring (bicyclic) bond motifs is 1. The Balaban J connectivity index is 1.59. The maximum absolute atomic E-state index is 14.1. The van der Waals surface area contributed by atoms with Gasteiger partial charge < -0.3 is 15.0 Å². The van der Waals surface area contributed by atoms with Gasteiger partial charge in [0.15, 0.2) is 0 Å². The molecule has 3 heterocycles. The highest BCUT2D eigenvalue weighted by atomic mass is 19.4. The van der Waals surface area contributed by atoms with Crippen molar-refractivity contribution in [2.24, 2.45) is 15.9 Å². The van der Waals surface area contributed by atoms with Crippen molar-refractivity contribution in [2.45, 2.75) is 52.4 Å². The zero-order chi connectivity index (χ0) is 31.6. The Bertz CT molecular complexity index is 1400. The predicted octanol–water partition coefficient (Wildman–Crippen LogP) is 3.63. The van der Waals surface area contributed by atoms with E-state index in [-0.39, 0.29) is 43.8 Å². The number of pyridine rings is 1. The number of amides is 3. The summed E-state index contributed by atoms with van der Waals surface area (Å²) in [7, 11) is 0. The third-order valence-corrected chi connectivity index (χ3v) is 7.21. The number of alkyl halides is 3. The van der Waals surface area contributed by atoms with E-state index in [0.29, 0.717) is 16.8 Å². The molecule has 0 saturated carbocycles. The summed E-state index contributed by atoms with van der Waals surface area (Å²) in [6.45, 7) is 2.32. The van der Waals surface area contributed by atoms with Gasteiger partial charge in [0.2, 0.25) is 11.8 Å². The van der Waals surface area contributed by atoms with Crippen LogP contribution >= 0.6 is 0 Å². The van der Waals surface area contributed by atoms with Crippen molar-refractivity contribution in [2.75, 3.05) is 26.2 Å². The van der Waals surface area contributed by atoms with Crippen LogP contribution < -0.4 is 5.32 Å². The zero-order valence-electron chi connectivity index (χ0n) is 23.9. The summed E-state index contributed by atoms with van der Waals surface area (Å²) >= 11 is 0. The number of aromatic nitrogens is 1. The van der Waals surface area contributed by atoms with E-state index in [4.69, 9.17) is 4.74 Å². The lowest BCUT2D eigenvalue weighted by atomic mass is 9.74. The van der Waals surface area contributed by atoms with Crippen LogP contribution in [0, 0.1) is 22.5 Å². The van der Waals surface area contributed by atoms with Gasteiger partial charge in [-0.3, -0.25) is 19.4 Å². The number of nitrogens with one attached hydrogen (secondary N) is 1. The highest BCUT2D eigenvalue weighted by molar-refractivity contribution is 6.13. The molecule has 0 bridgehead atoms. The minimum Gasteiger partial charge on any atom is -0.374 e. The Morgan fingerprint density at radius 3 is 2.51 bits per heavy atom. The summed E-state index contributed by atoms with van der Waals surface area (Å²) in [6, 6.07) is 6.62. The van der Waals surface area contributed by atoms with Gasteiger partial charge in [0.05, 0.1) is 18.9 Å². The second-order valence-corrected chi connectivity index (χ2v) is 11.6. The number of halogens is 5. The topological polar surface area (TPSA) is 104 Å². The molecule has 0 unspecified atom stereocenters. The van der Waals surface area contributed by atoms with Gasteiger partial charge in [-0.25, -0.2) is 13.8 Å². The average molecular weight is 610 g/mol. The van der Waals surface area contributed by atoms with Gasteiger partial charge in [-0.2, -0.15) is 18.3 Å². The first-order valence-electron chi connectivity index (χ1n) is 13.6. The molecule has 0 radical (unpaired) electrons. The molecule has 232 valence electrons. The fourth-order valence-corrected chi connectivity index (χ4v) is 4.96. The first kappa shape index (κ1) is 32.0. The lowest BCUT2D eigenvalue weighted by molar-refractivity contribution is -0.164. The van der Waals surface area contributed by atoms with E-state index in [1.54, 1.807) is 39.0 Å². The van der Waals surface area contributed by atoms with Crippen LogP contribution in [0.4, 0.5) is 22.0 Å². The highest BCUT2D eigenvalue weighted by Gasteiger charge is 2.56. The molecule has 2 aliphatic rings. The molecule has 2 atom stereocenters. The van der Waals surface area contributed by atoms with Gasteiger partial charge >= 0.3 is 6.18 Å². The number of likely N-dealkylation sites (tertiary alicyclic amines) is 1. The Morgan fingerprint density at radius 1 is 1.14 bits per heavy atom. The first-order valence-corrected chi connectivity index (χ1v) is 13.6. The van der Waals surface area contributed by atoms with Crippen molar-refractivity contribution in [3.63, 3.8) is 0 Å². The molecule has 2 aliphatic heterocycles. The molecular weight excluding hydrogens is 577 g/mol. The third kappa shape index (κ3) is 7.53. The van der Waals surface area contributed by atoms with Crippen molar-refractivity contribution in [1.82, 2.24) is 20.2 Å². The third-order valence-electron chi connectivity index (χ3n) is 7.21. The number of benzene rings is 1. The highest BCUT2D eigenvalue weighted by Crippen LogP contribution is 2.39. The standard InChI is InChI=1S/C29H32F5N5O4/c1-27(2,3)25(41)36-22(15-43-14-18-7-8-19(30)12-21(18)31)24(40)38-11-9-23-28(16-38,13-20-6-4-5-10-35-20)26(42)39(37-23)17-29(32,33)34/h4-8,10,12,22H,9,11,13-17H2,1-3H3,(H,36,41)/t22-,28-/m1/s1. The fourth-order valence-electron chi connectivity index (χ4n) is 4.96. The lowest BCUT2D eigenvalue weighted by Crippen LogP contribution is -2.60. The molecule has 2 aromatic rings. The molecule has 1 saturated heterocycles. The second-order valence-electron chi connectivity index (χ2n) is 11.6. The maximum atomic E-state index is 14.1. The smallest absolute Gasteiger partial charge is 0.374 e. The zero-order valence-corrected chi connectivity index (χ0v) is 23.9. The molecule has 1 aromatic heterocycles. The van der Waals surface area contributed by atoms with E-state index in [9.17, 15) is 36.3 Å². The normalized spacial score (nSPS) is 19.6. The van der Waals surface area contributed by atoms with Crippen LogP contribution in [0.3, 0.4) is 0 Å². The van der Waals surface area contributed by atoms with Gasteiger partial charge in [-0.1, -0.05) is 32.9 Å². The number of hydrogen-bond donors (Lipinski definition) is 1. The Labute approximate surface area is 245 Å². The Kier molecular flexibility index (Phi) is 9.19. The number of hydrogen-bond acceptors (Lipinski definition) is 6. The summed E-state index contributed by atoms with van der Waals surface area (Å²) < 4.78 is 72.8. The monoisotopic (exact) mass is 609 g/mol. The van der Waals surface area contributed by atoms with Crippen LogP contribution in [0.1, 0.15) is 38.4 Å². The number of hydrazone groups is 1. The fraction of sp³-hybridized carbons (Fsp3) is 0.483. The van der Waals surface area contributed by atoms with Crippen LogP contribution in [0.25, 0.3) is 0 Å². The summed E-state index contributed by atoms with van der Waals surface area (Å²) in [5, 5.41) is 7.06. The minimum absolute atomic E-state index is 0.0141. The summed E-state index contributed by atoms with van der Waals surface area (Å²) in [5.74, 6) is -3.64. The molecule has 43 heavy (non-hydrogen) atoms. The molecule has 1 fully saturated rings. The van der Waals surface area contributed by atoms with Crippen LogP contribution in [-0.4, -0.2) is 76.8 Å². The van der Waals surface area contributed by atoms with Crippen molar-refractivity contribution < 1.29 is 41.1 Å². The number of nitrogens with zero attached hydrogens (tertiary/aromatic N) is 4. The van der Waals surface area contributed by atoms with Crippen LogP contribution in [0.2, 0.25) is 0 Å². The van der Waals surface area contributed by atoms with Crippen molar-refractivity contribution in [3.05, 3.63) is 65.5 Å². The molecule has 3 amide bonds. The predicted molar refractivity (Wildman–Crippen MR) is 144 cm³/mol. The van der Waals surface area contributed by atoms with E-state index >= 15 is 0 Å². The van der Waals surface area contributed by atoms with Gasteiger partial charge in [0, 0.05) is 54.9 Å². The number of rotatable bonds is 9. The number of piperidine rings is 1. The molecule has 1 aromatic carbocycles. The first-order chi connectivity index (χ1) is 20.1. The van der Waals surface area contributed by atoms with E-state index in [1.165, 1.54) is 17.2 Å². The molecular formula is C29H32F5N5O4. The molecule has 0 aliphatic carbocycles. The summed E-state index contributed by atoms with van der Waals surface area (Å²) in [5.41, 5.74) is -1.82. The SMILES string of the molecule is CC(C)(C)C(=O)N[C@H](COCc1ccc(F)cc1F)C(=O)N1CCC2=NN(CC(F)(F)F)C(=O)[C@]2(Cc2ccccn2)C1. The van der Waals surface area contributed by atoms with Crippen LogP contribution in [0.5, 0.6) is 0 Å². The van der Waals surface area contributed by atoms with E-state index < -0.39 is 65.6 Å². The molecule has 0 spiro atoms. The molecule has 1 N–H and O–H groups in total. The van der Waals surface area contributed by atoms with Gasteiger partial charge in [-0.15, -0.1) is 0 Å². The average Bonchev–Trinajstić information content (AvgIpc) is 3.17. The molecule has 14 heteroatoms. The second kappa shape index (κ2) is 12.3. The van der Waals surface area contributed by atoms with Gasteiger partial charge in [0.1, 0.15) is 29.6 Å². The van der Waals surface area contributed by atoms with Crippen molar-refractivity contribution >= 4 is 23.4 Å². The number of ether oxygens (including phenoxy) is 1.